The van der Waals surface area contributed by atoms with Gasteiger partial charge in [-0.25, -0.2) is 8.78 Å². The second-order valence-corrected chi connectivity index (χ2v) is 6.82. The monoisotopic (exact) mass is 386 g/mol. The third-order valence-electron chi connectivity index (χ3n) is 5.10. The fraction of sp³-hybridized carbons (Fsp3) is 0.286. The molecule has 146 valence electrons. The maximum Gasteiger partial charge on any atom is 0.258 e. The van der Waals surface area contributed by atoms with Crippen LogP contribution in [0, 0.1) is 11.6 Å². The summed E-state index contributed by atoms with van der Waals surface area (Å²) in [6, 6.07) is 9.08. The minimum Gasteiger partial charge on any atom is -0.343 e. The van der Waals surface area contributed by atoms with E-state index in [1.807, 2.05) is 18.2 Å². The van der Waals surface area contributed by atoms with E-state index in [0.29, 0.717) is 42.9 Å². The van der Waals surface area contributed by atoms with Crippen LogP contribution >= 0.6 is 0 Å². The molecule has 2 aliphatic rings. The summed E-state index contributed by atoms with van der Waals surface area (Å²) >= 11 is 0. The van der Waals surface area contributed by atoms with Crippen LogP contribution in [0.4, 0.5) is 14.5 Å². The van der Waals surface area contributed by atoms with E-state index in [1.165, 1.54) is 11.0 Å². The number of carbonyl (C=O) groups is 1. The largest absolute Gasteiger partial charge is 0.343 e. The number of hydrogen-bond acceptors (Lipinski definition) is 4. The van der Waals surface area contributed by atoms with E-state index in [9.17, 15) is 13.6 Å². The zero-order valence-corrected chi connectivity index (χ0v) is 15.4. The molecular formula is C21H20F2N2O3. The number of halogens is 2. The molecule has 0 saturated carbocycles. The molecule has 1 saturated heterocycles. The first-order valence-electron chi connectivity index (χ1n) is 9.03. The number of amides is 1. The van der Waals surface area contributed by atoms with Gasteiger partial charge < -0.3 is 20.1 Å². The Morgan fingerprint density at radius 1 is 1.14 bits per heavy atom. The van der Waals surface area contributed by atoms with Crippen molar-refractivity contribution in [3.05, 3.63) is 64.7 Å². The van der Waals surface area contributed by atoms with Gasteiger partial charge in [-0.3, -0.25) is 4.79 Å². The summed E-state index contributed by atoms with van der Waals surface area (Å²) in [6.45, 7) is 1.31. The SMILES string of the molecule is CN1C(=O)/C(=C\c2ccc(F)c(F)c2)c2cc(C3(CCN)OCCO3)ccc21. The van der Waals surface area contributed by atoms with Crippen LogP contribution in [0.5, 0.6) is 0 Å². The maximum atomic E-state index is 13.6. The van der Waals surface area contributed by atoms with Crippen LogP contribution in [-0.2, 0) is 20.1 Å². The molecule has 1 amide bonds. The number of anilines is 1. The molecule has 2 aliphatic heterocycles. The second-order valence-electron chi connectivity index (χ2n) is 6.82. The van der Waals surface area contributed by atoms with E-state index in [0.717, 1.165) is 23.4 Å². The standard InChI is InChI=1S/C21H20F2N2O3/c1-25-19-5-3-14(21(6-7-24)27-8-9-28-21)12-15(19)16(20(25)26)10-13-2-4-17(22)18(23)11-13/h2-5,10-12H,6-9,24H2,1H3/b16-10-. The Kier molecular flexibility index (Phi) is 4.74. The van der Waals surface area contributed by atoms with Crippen LogP contribution in [0.1, 0.15) is 23.1 Å². The molecule has 2 heterocycles. The Morgan fingerprint density at radius 3 is 2.57 bits per heavy atom. The van der Waals surface area contributed by atoms with E-state index in [2.05, 4.69) is 0 Å². The number of benzene rings is 2. The summed E-state index contributed by atoms with van der Waals surface area (Å²) in [5, 5.41) is 0. The van der Waals surface area contributed by atoms with Gasteiger partial charge in [0.1, 0.15) is 0 Å². The molecule has 5 nitrogen and oxygen atoms in total. The molecule has 0 unspecified atom stereocenters. The van der Waals surface area contributed by atoms with Gasteiger partial charge in [0.15, 0.2) is 17.4 Å². The van der Waals surface area contributed by atoms with Crippen LogP contribution in [-0.4, -0.2) is 32.7 Å². The van der Waals surface area contributed by atoms with Crippen LogP contribution in [0.15, 0.2) is 36.4 Å². The number of nitrogens with zero attached hydrogens (tertiary/aromatic N) is 1. The van der Waals surface area contributed by atoms with Crippen molar-refractivity contribution in [2.24, 2.45) is 5.73 Å². The summed E-state index contributed by atoms with van der Waals surface area (Å²) < 4.78 is 38.5. The van der Waals surface area contributed by atoms with E-state index in [-0.39, 0.29) is 5.91 Å². The van der Waals surface area contributed by atoms with Gasteiger partial charge in [-0.1, -0.05) is 12.1 Å². The van der Waals surface area contributed by atoms with Crippen molar-refractivity contribution in [2.45, 2.75) is 12.2 Å². The van der Waals surface area contributed by atoms with Gasteiger partial charge in [-0.15, -0.1) is 0 Å². The highest BCUT2D eigenvalue weighted by molar-refractivity contribution is 6.35. The summed E-state index contributed by atoms with van der Waals surface area (Å²) in [7, 11) is 1.67. The Bertz CT molecular complexity index is 968. The Balaban J connectivity index is 1.81. The number of carbonyl (C=O) groups excluding carboxylic acids is 1. The topological polar surface area (TPSA) is 64.8 Å². The number of likely N-dealkylation sites (N-methyl/N-ethyl adjacent to an activating group) is 1. The van der Waals surface area contributed by atoms with Crippen molar-refractivity contribution in [3.8, 4) is 0 Å². The molecule has 2 aromatic carbocycles. The van der Waals surface area contributed by atoms with Gasteiger partial charge in [0, 0.05) is 30.2 Å². The summed E-state index contributed by atoms with van der Waals surface area (Å²) in [5.41, 5.74) is 8.72. The predicted octanol–water partition coefficient (Wildman–Crippen LogP) is 3.03. The third-order valence-corrected chi connectivity index (χ3v) is 5.10. The fourth-order valence-corrected chi connectivity index (χ4v) is 3.69. The number of rotatable bonds is 4. The van der Waals surface area contributed by atoms with Crippen molar-refractivity contribution < 1.29 is 23.0 Å². The van der Waals surface area contributed by atoms with Crippen LogP contribution in [0.2, 0.25) is 0 Å². The molecule has 0 aliphatic carbocycles. The van der Waals surface area contributed by atoms with Gasteiger partial charge in [-0.05, 0) is 42.4 Å². The Hall–Kier alpha value is -2.61. The lowest BCUT2D eigenvalue weighted by atomic mass is 9.96. The maximum absolute atomic E-state index is 13.6. The Labute approximate surface area is 161 Å². The third kappa shape index (κ3) is 3.01. The molecule has 2 aromatic rings. The van der Waals surface area contributed by atoms with E-state index in [4.69, 9.17) is 15.2 Å². The minimum absolute atomic E-state index is 0.224. The average molecular weight is 386 g/mol. The zero-order chi connectivity index (χ0) is 19.9. The van der Waals surface area contributed by atoms with Crippen molar-refractivity contribution in [2.75, 3.05) is 31.7 Å². The molecule has 28 heavy (non-hydrogen) atoms. The molecule has 0 aromatic heterocycles. The van der Waals surface area contributed by atoms with Gasteiger partial charge >= 0.3 is 0 Å². The van der Waals surface area contributed by atoms with E-state index >= 15 is 0 Å². The highest BCUT2D eigenvalue weighted by Crippen LogP contribution is 2.42. The number of nitrogens with two attached hydrogens (primary N) is 1. The molecule has 0 radical (unpaired) electrons. The van der Waals surface area contributed by atoms with Gasteiger partial charge in [0.25, 0.3) is 5.91 Å². The first-order chi connectivity index (χ1) is 13.4. The summed E-state index contributed by atoms with van der Waals surface area (Å²) in [6.07, 6.45) is 2.04. The molecule has 0 bridgehead atoms. The molecular weight excluding hydrogens is 366 g/mol. The average Bonchev–Trinajstić information content (AvgIpc) is 3.25. The highest BCUT2D eigenvalue weighted by Gasteiger charge is 2.40. The van der Waals surface area contributed by atoms with Crippen LogP contribution in [0.3, 0.4) is 0 Å². The molecule has 4 rings (SSSR count). The zero-order valence-electron chi connectivity index (χ0n) is 15.4. The van der Waals surface area contributed by atoms with Gasteiger partial charge in [0.2, 0.25) is 0 Å². The molecule has 0 spiro atoms. The highest BCUT2D eigenvalue weighted by atomic mass is 19.2. The lowest BCUT2D eigenvalue weighted by Crippen LogP contribution is -2.30. The fourth-order valence-electron chi connectivity index (χ4n) is 3.69. The lowest BCUT2D eigenvalue weighted by Gasteiger charge is -2.28. The molecule has 2 N–H and O–H groups in total. The first kappa shape index (κ1) is 18.7. The van der Waals surface area contributed by atoms with Gasteiger partial charge in [-0.2, -0.15) is 0 Å². The van der Waals surface area contributed by atoms with E-state index in [1.54, 1.807) is 13.1 Å². The molecule has 1 fully saturated rings. The molecule has 7 heteroatoms. The summed E-state index contributed by atoms with van der Waals surface area (Å²) in [5.74, 6) is -3.05. The lowest BCUT2D eigenvalue weighted by molar-refractivity contribution is -0.168. The number of fused-ring (bicyclic) bond motifs is 1. The second kappa shape index (κ2) is 7.09. The predicted molar refractivity (Wildman–Crippen MR) is 101 cm³/mol. The van der Waals surface area contributed by atoms with Crippen molar-refractivity contribution in [1.82, 2.24) is 0 Å². The van der Waals surface area contributed by atoms with Crippen LogP contribution < -0.4 is 10.6 Å². The quantitative estimate of drug-likeness (QED) is 0.821. The normalized spacial score (nSPS) is 19.5. The van der Waals surface area contributed by atoms with Crippen LogP contribution in [0.25, 0.3) is 11.6 Å². The number of hydrogen-bond donors (Lipinski definition) is 1. The number of ether oxygens (including phenoxy) is 2. The van der Waals surface area contributed by atoms with Gasteiger partial charge in [0.05, 0.1) is 18.9 Å². The first-order valence-corrected chi connectivity index (χ1v) is 9.03. The van der Waals surface area contributed by atoms with Crippen molar-refractivity contribution >= 4 is 23.2 Å². The van der Waals surface area contributed by atoms with E-state index < -0.39 is 17.4 Å². The summed E-state index contributed by atoms with van der Waals surface area (Å²) in [4.78, 5) is 14.3. The van der Waals surface area contributed by atoms with Crippen molar-refractivity contribution in [3.63, 3.8) is 0 Å². The molecule has 0 atom stereocenters. The van der Waals surface area contributed by atoms with Crippen molar-refractivity contribution in [1.29, 1.82) is 0 Å². The Morgan fingerprint density at radius 2 is 1.89 bits per heavy atom. The smallest absolute Gasteiger partial charge is 0.258 e. The minimum atomic E-state index is -0.961.